The summed E-state index contributed by atoms with van der Waals surface area (Å²) in [7, 11) is 0. The lowest BCUT2D eigenvalue weighted by molar-refractivity contribution is -0.115. The average molecular weight is 446 g/mol. The fourth-order valence-corrected chi connectivity index (χ4v) is 3.25. The molecule has 1 heterocycles. The van der Waals surface area contributed by atoms with Crippen molar-refractivity contribution in [2.45, 2.75) is 19.1 Å². The van der Waals surface area contributed by atoms with Gasteiger partial charge in [-0.2, -0.15) is 0 Å². The molecule has 9 heteroatoms. The Bertz CT molecular complexity index is 1020. The number of hydrogen-bond donors (Lipinski definition) is 2. The third-order valence-corrected chi connectivity index (χ3v) is 5.37. The van der Waals surface area contributed by atoms with Crippen LogP contribution in [-0.2, 0) is 9.59 Å². The second kappa shape index (κ2) is 10.2. The number of benzene rings is 2. The van der Waals surface area contributed by atoms with E-state index in [1.807, 2.05) is 12.1 Å². The maximum absolute atomic E-state index is 12.2. The van der Waals surface area contributed by atoms with Gasteiger partial charge in [0, 0.05) is 11.8 Å². The van der Waals surface area contributed by atoms with E-state index < -0.39 is 5.25 Å². The number of aromatic nitrogens is 1. The highest BCUT2D eigenvalue weighted by Gasteiger charge is 2.17. The number of amides is 2. The van der Waals surface area contributed by atoms with E-state index in [9.17, 15) is 9.59 Å². The number of anilines is 2. The molecule has 1 unspecified atom stereocenters. The molecule has 0 aliphatic rings. The number of nitrogens with zero attached hydrogens (tertiary/aromatic N) is 1. The van der Waals surface area contributed by atoms with Crippen molar-refractivity contribution >= 4 is 46.7 Å². The molecule has 3 aromatic rings. The molecule has 30 heavy (non-hydrogen) atoms. The number of aryl methyl sites for hydroxylation is 1. The van der Waals surface area contributed by atoms with Gasteiger partial charge in [-0.25, -0.2) is 0 Å². The molecule has 0 saturated carbocycles. The van der Waals surface area contributed by atoms with E-state index in [0.29, 0.717) is 33.8 Å². The quantitative estimate of drug-likeness (QED) is 0.499. The first kappa shape index (κ1) is 21.7. The summed E-state index contributed by atoms with van der Waals surface area (Å²) in [6, 6.07) is 15.8. The molecule has 1 atom stereocenters. The van der Waals surface area contributed by atoms with Gasteiger partial charge in [-0.15, -0.1) is 11.8 Å². The topological polar surface area (TPSA) is 93.5 Å². The maximum Gasteiger partial charge on any atom is 0.238 e. The molecule has 2 N–H and O–H groups in total. The average Bonchev–Trinajstić information content (AvgIpc) is 3.14. The second-order valence-corrected chi connectivity index (χ2v) is 8.11. The van der Waals surface area contributed by atoms with Crippen molar-refractivity contribution in [2.24, 2.45) is 0 Å². The standard InChI is InChI=1S/C21H20ClN3O4S/c1-13-11-19(25-29-13)24-21(27)14(2)30-12-20(26)23-15-7-9-16(10-8-15)28-18-6-4-3-5-17(18)22/h3-11,14H,12H2,1-2H3,(H,23,26)(H,24,25,27). The molecular formula is C21H20ClN3O4S. The number of nitrogens with one attached hydrogen (secondary N) is 2. The van der Waals surface area contributed by atoms with E-state index in [0.717, 1.165) is 0 Å². The number of rotatable bonds is 8. The summed E-state index contributed by atoms with van der Waals surface area (Å²) in [5.74, 6) is 1.79. The van der Waals surface area contributed by atoms with Gasteiger partial charge in [0.2, 0.25) is 11.8 Å². The zero-order valence-corrected chi connectivity index (χ0v) is 17.9. The largest absolute Gasteiger partial charge is 0.456 e. The van der Waals surface area contributed by atoms with Crippen LogP contribution in [0.25, 0.3) is 0 Å². The van der Waals surface area contributed by atoms with Gasteiger partial charge < -0.3 is 19.9 Å². The molecule has 2 amide bonds. The van der Waals surface area contributed by atoms with Gasteiger partial charge in [0.1, 0.15) is 17.3 Å². The summed E-state index contributed by atoms with van der Waals surface area (Å²) in [6.07, 6.45) is 0. The summed E-state index contributed by atoms with van der Waals surface area (Å²) in [6.45, 7) is 3.46. The molecule has 0 spiro atoms. The summed E-state index contributed by atoms with van der Waals surface area (Å²) in [4.78, 5) is 24.3. The lowest BCUT2D eigenvalue weighted by atomic mass is 10.3. The highest BCUT2D eigenvalue weighted by Crippen LogP contribution is 2.29. The number of hydrogen-bond acceptors (Lipinski definition) is 6. The molecule has 0 fully saturated rings. The van der Waals surface area contributed by atoms with E-state index in [-0.39, 0.29) is 17.6 Å². The Morgan fingerprint density at radius 3 is 2.57 bits per heavy atom. The highest BCUT2D eigenvalue weighted by molar-refractivity contribution is 8.01. The smallest absolute Gasteiger partial charge is 0.238 e. The van der Waals surface area contributed by atoms with Crippen molar-refractivity contribution in [1.29, 1.82) is 0 Å². The van der Waals surface area contributed by atoms with E-state index in [1.54, 1.807) is 56.3 Å². The first-order chi connectivity index (χ1) is 14.4. The van der Waals surface area contributed by atoms with Crippen LogP contribution < -0.4 is 15.4 Å². The third-order valence-electron chi connectivity index (χ3n) is 3.92. The Morgan fingerprint density at radius 1 is 1.17 bits per heavy atom. The zero-order valence-electron chi connectivity index (χ0n) is 16.3. The van der Waals surface area contributed by atoms with E-state index in [4.69, 9.17) is 20.9 Å². The van der Waals surface area contributed by atoms with Crippen LogP contribution >= 0.6 is 23.4 Å². The van der Waals surface area contributed by atoms with Crippen molar-refractivity contribution in [3.8, 4) is 11.5 Å². The van der Waals surface area contributed by atoms with Crippen LogP contribution in [0.5, 0.6) is 11.5 Å². The maximum atomic E-state index is 12.2. The van der Waals surface area contributed by atoms with Gasteiger partial charge in [-0.05, 0) is 50.2 Å². The summed E-state index contributed by atoms with van der Waals surface area (Å²) >= 11 is 7.30. The third kappa shape index (κ3) is 6.27. The van der Waals surface area contributed by atoms with Gasteiger partial charge in [0.05, 0.1) is 16.0 Å². The molecule has 0 bridgehead atoms. The van der Waals surface area contributed by atoms with Crippen molar-refractivity contribution in [2.75, 3.05) is 16.4 Å². The Morgan fingerprint density at radius 2 is 1.90 bits per heavy atom. The molecule has 156 valence electrons. The van der Waals surface area contributed by atoms with Crippen LogP contribution in [0, 0.1) is 6.92 Å². The van der Waals surface area contributed by atoms with Crippen molar-refractivity contribution in [3.05, 3.63) is 65.4 Å². The Hall–Kier alpha value is -2.97. The number of para-hydroxylation sites is 1. The molecular weight excluding hydrogens is 426 g/mol. The molecule has 2 aromatic carbocycles. The fraction of sp³-hybridized carbons (Fsp3) is 0.190. The number of thioether (sulfide) groups is 1. The molecule has 1 aromatic heterocycles. The summed E-state index contributed by atoms with van der Waals surface area (Å²) in [5.41, 5.74) is 0.627. The van der Waals surface area contributed by atoms with Crippen LogP contribution in [-0.4, -0.2) is 28.0 Å². The Balaban J connectivity index is 1.45. The zero-order chi connectivity index (χ0) is 21.5. The van der Waals surface area contributed by atoms with Crippen LogP contribution in [0.1, 0.15) is 12.7 Å². The molecule has 0 aliphatic heterocycles. The lowest BCUT2D eigenvalue weighted by Gasteiger charge is -2.11. The number of carbonyl (C=O) groups is 2. The van der Waals surface area contributed by atoms with Gasteiger partial charge in [-0.1, -0.05) is 28.9 Å². The van der Waals surface area contributed by atoms with Crippen LogP contribution in [0.3, 0.4) is 0 Å². The van der Waals surface area contributed by atoms with E-state index in [2.05, 4.69) is 15.8 Å². The number of ether oxygens (including phenoxy) is 1. The van der Waals surface area contributed by atoms with Gasteiger partial charge in [0.15, 0.2) is 5.82 Å². The normalized spacial score (nSPS) is 11.6. The Kier molecular flexibility index (Phi) is 7.37. The van der Waals surface area contributed by atoms with Crippen LogP contribution in [0.15, 0.2) is 59.1 Å². The minimum absolute atomic E-state index is 0.129. The molecule has 0 saturated heterocycles. The first-order valence-corrected chi connectivity index (χ1v) is 10.5. The summed E-state index contributed by atoms with van der Waals surface area (Å²) < 4.78 is 10.6. The summed E-state index contributed by atoms with van der Waals surface area (Å²) in [5, 5.41) is 9.24. The lowest BCUT2D eigenvalue weighted by Crippen LogP contribution is -2.25. The van der Waals surface area contributed by atoms with Gasteiger partial charge in [-0.3, -0.25) is 9.59 Å². The number of halogens is 1. The van der Waals surface area contributed by atoms with Crippen molar-refractivity contribution in [1.82, 2.24) is 5.16 Å². The first-order valence-electron chi connectivity index (χ1n) is 9.09. The van der Waals surface area contributed by atoms with Crippen molar-refractivity contribution in [3.63, 3.8) is 0 Å². The minimum Gasteiger partial charge on any atom is -0.456 e. The minimum atomic E-state index is -0.431. The predicted molar refractivity (Wildman–Crippen MR) is 118 cm³/mol. The van der Waals surface area contributed by atoms with Crippen LogP contribution in [0.2, 0.25) is 5.02 Å². The molecule has 3 rings (SSSR count). The molecule has 7 nitrogen and oxygen atoms in total. The second-order valence-electron chi connectivity index (χ2n) is 6.37. The van der Waals surface area contributed by atoms with E-state index >= 15 is 0 Å². The number of carbonyl (C=O) groups excluding carboxylic acids is 2. The molecule has 0 aliphatic carbocycles. The van der Waals surface area contributed by atoms with E-state index in [1.165, 1.54) is 11.8 Å². The van der Waals surface area contributed by atoms with Gasteiger partial charge in [0.25, 0.3) is 0 Å². The predicted octanol–water partition coefficient (Wildman–Crippen LogP) is 5.13. The SMILES string of the molecule is Cc1cc(NC(=O)C(C)SCC(=O)Nc2ccc(Oc3ccccc3Cl)cc2)no1. The monoisotopic (exact) mass is 445 g/mol. The van der Waals surface area contributed by atoms with Crippen molar-refractivity contribution < 1.29 is 18.8 Å². The van der Waals surface area contributed by atoms with Gasteiger partial charge >= 0.3 is 0 Å². The van der Waals surface area contributed by atoms with Crippen LogP contribution in [0.4, 0.5) is 11.5 Å². The highest BCUT2D eigenvalue weighted by atomic mass is 35.5. The fourth-order valence-electron chi connectivity index (χ4n) is 2.39. The molecule has 0 radical (unpaired) electrons. The Labute approximate surface area is 183 Å².